The van der Waals surface area contributed by atoms with Crippen LogP contribution in [0, 0.1) is 12.4 Å². The Balaban J connectivity index is 2.86. The minimum atomic E-state index is 0.783. The van der Waals surface area contributed by atoms with Gasteiger partial charge < -0.3 is 0 Å². The highest BCUT2D eigenvalue weighted by Crippen LogP contribution is 2.11. The lowest BCUT2D eigenvalue weighted by Crippen LogP contribution is -1.83. The molecule has 0 aliphatic rings. The van der Waals surface area contributed by atoms with Gasteiger partial charge in [0.15, 0.2) is 5.51 Å². The van der Waals surface area contributed by atoms with Crippen LogP contribution in [0.2, 0.25) is 0 Å². The highest BCUT2D eigenvalue weighted by molar-refractivity contribution is 7.15. The minimum Gasteiger partial charge on any atom is -0.239 e. The van der Waals surface area contributed by atoms with E-state index in [0.29, 0.717) is 0 Å². The molecule has 2 heterocycles. The van der Waals surface area contributed by atoms with E-state index in [9.17, 15) is 0 Å². The van der Waals surface area contributed by atoms with Crippen LogP contribution in [0.1, 0.15) is 5.82 Å². The first-order valence-corrected chi connectivity index (χ1v) is 3.64. The van der Waals surface area contributed by atoms with Crippen LogP contribution < -0.4 is 0 Å². The van der Waals surface area contributed by atoms with E-state index in [-0.39, 0.29) is 0 Å². The molecule has 2 aromatic heterocycles. The van der Waals surface area contributed by atoms with E-state index in [0.717, 1.165) is 16.2 Å². The number of aromatic nitrogens is 3. The fourth-order valence-corrected chi connectivity index (χ4v) is 1.32. The summed E-state index contributed by atoms with van der Waals surface area (Å²) in [5, 5.41) is 0. The van der Waals surface area contributed by atoms with Gasteiger partial charge in [0.05, 0.1) is 6.20 Å². The second-order valence-electron chi connectivity index (χ2n) is 1.91. The Labute approximate surface area is 61.8 Å². The van der Waals surface area contributed by atoms with Gasteiger partial charge in [0, 0.05) is 0 Å². The molecular formula is C6H4N3S. The lowest BCUT2D eigenvalue weighted by atomic mass is 10.5. The van der Waals surface area contributed by atoms with Gasteiger partial charge in [0.2, 0.25) is 0 Å². The van der Waals surface area contributed by atoms with Gasteiger partial charge >= 0.3 is 0 Å². The summed E-state index contributed by atoms with van der Waals surface area (Å²) in [5.74, 6) is 0.783. The summed E-state index contributed by atoms with van der Waals surface area (Å²) in [6, 6.07) is 0. The fraction of sp³-hybridized carbons (Fsp3) is 0.167. The van der Waals surface area contributed by atoms with E-state index in [1.54, 1.807) is 6.20 Å². The first-order chi connectivity index (χ1) is 4.86. The molecule has 0 spiro atoms. The number of fused-ring (bicyclic) bond motifs is 1. The summed E-state index contributed by atoms with van der Waals surface area (Å²) in [6.45, 7) is 1.86. The summed E-state index contributed by atoms with van der Waals surface area (Å²) in [5.41, 5.74) is 3.58. The van der Waals surface area contributed by atoms with Crippen molar-refractivity contribution in [2.24, 2.45) is 0 Å². The minimum absolute atomic E-state index is 0.783. The molecule has 3 nitrogen and oxygen atoms in total. The average Bonchev–Trinajstić information content (AvgIpc) is 2.33. The Morgan fingerprint density at radius 2 is 2.50 bits per heavy atom. The Bertz CT molecular complexity index is 355. The normalized spacial score (nSPS) is 10.5. The molecule has 0 atom stereocenters. The molecule has 2 aromatic rings. The zero-order chi connectivity index (χ0) is 6.97. The Hall–Kier alpha value is -1.03. The van der Waals surface area contributed by atoms with Crippen LogP contribution in [-0.4, -0.2) is 15.0 Å². The monoisotopic (exact) mass is 150 g/mol. The van der Waals surface area contributed by atoms with Gasteiger partial charge in [-0.15, -0.1) is 0 Å². The summed E-state index contributed by atoms with van der Waals surface area (Å²) in [6.07, 6.45) is 1.71. The SMILES string of the molecule is Cc1ncc2n[c]sc2n1. The predicted molar refractivity (Wildman–Crippen MR) is 38.8 cm³/mol. The number of rotatable bonds is 0. The molecule has 0 unspecified atom stereocenters. The first kappa shape index (κ1) is 5.73. The quantitative estimate of drug-likeness (QED) is 0.566. The van der Waals surface area contributed by atoms with Crippen LogP contribution in [-0.2, 0) is 0 Å². The van der Waals surface area contributed by atoms with E-state index >= 15 is 0 Å². The summed E-state index contributed by atoms with van der Waals surface area (Å²) < 4.78 is 0. The second-order valence-corrected chi connectivity index (χ2v) is 2.69. The van der Waals surface area contributed by atoms with Crippen molar-refractivity contribution in [2.45, 2.75) is 6.92 Å². The van der Waals surface area contributed by atoms with Gasteiger partial charge in [0.1, 0.15) is 16.2 Å². The van der Waals surface area contributed by atoms with Crippen molar-refractivity contribution in [2.75, 3.05) is 0 Å². The summed E-state index contributed by atoms with van der Waals surface area (Å²) in [4.78, 5) is 13.0. The van der Waals surface area contributed by atoms with Crippen molar-refractivity contribution in [3.05, 3.63) is 17.5 Å². The fourth-order valence-electron chi connectivity index (χ4n) is 0.710. The van der Waals surface area contributed by atoms with Crippen molar-refractivity contribution >= 4 is 21.7 Å². The Morgan fingerprint density at radius 1 is 1.60 bits per heavy atom. The molecular weight excluding hydrogens is 146 g/mol. The second kappa shape index (κ2) is 1.98. The van der Waals surface area contributed by atoms with E-state index in [1.807, 2.05) is 6.92 Å². The molecule has 0 saturated carbocycles. The third kappa shape index (κ3) is 0.769. The predicted octanol–water partition coefficient (Wildman–Crippen LogP) is 1.19. The molecule has 0 aliphatic carbocycles. The number of hydrogen-bond donors (Lipinski definition) is 0. The smallest absolute Gasteiger partial charge is 0.155 e. The molecule has 0 N–H and O–H groups in total. The van der Waals surface area contributed by atoms with Crippen molar-refractivity contribution in [3.8, 4) is 0 Å². The maximum absolute atomic E-state index is 4.15. The molecule has 0 saturated heterocycles. The maximum Gasteiger partial charge on any atom is 0.155 e. The number of nitrogens with zero attached hydrogens (tertiary/aromatic N) is 3. The van der Waals surface area contributed by atoms with Crippen LogP contribution >= 0.6 is 11.3 Å². The van der Waals surface area contributed by atoms with E-state index < -0.39 is 0 Å². The maximum atomic E-state index is 4.15. The zero-order valence-corrected chi connectivity index (χ0v) is 6.14. The van der Waals surface area contributed by atoms with Crippen LogP contribution in [0.4, 0.5) is 0 Å². The molecule has 0 aromatic carbocycles. The highest BCUT2D eigenvalue weighted by atomic mass is 32.1. The molecule has 0 bridgehead atoms. The molecule has 1 radical (unpaired) electrons. The zero-order valence-electron chi connectivity index (χ0n) is 5.33. The summed E-state index contributed by atoms with van der Waals surface area (Å²) in [7, 11) is 0. The van der Waals surface area contributed by atoms with Gasteiger partial charge in [-0.25, -0.2) is 15.0 Å². The highest BCUT2D eigenvalue weighted by Gasteiger charge is 1.96. The average molecular weight is 150 g/mol. The molecule has 0 amide bonds. The Kier molecular flexibility index (Phi) is 1.14. The number of aryl methyl sites for hydroxylation is 1. The van der Waals surface area contributed by atoms with Crippen LogP contribution in [0.15, 0.2) is 6.20 Å². The third-order valence-electron chi connectivity index (χ3n) is 1.16. The van der Waals surface area contributed by atoms with Crippen LogP contribution in [0.25, 0.3) is 10.3 Å². The first-order valence-electron chi connectivity index (χ1n) is 2.82. The van der Waals surface area contributed by atoms with Crippen molar-refractivity contribution in [1.29, 1.82) is 0 Å². The van der Waals surface area contributed by atoms with E-state index in [1.165, 1.54) is 11.3 Å². The van der Waals surface area contributed by atoms with Crippen molar-refractivity contribution < 1.29 is 0 Å². The standard InChI is InChI=1S/C6H4N3S/c1-4-7-2-5-6(9-4)10-3-8-5/h2H,1H3. The topological polar surface area (TPSA) is 38.7 Å². The van der Waals surface area contributed by atoms with Gasteiger partial charge in [-0.05, 0) is 6.92 Å². The molecule has 4 heteroatoms. The van der Waals surface area contributed by atoms with Crippen LogP contribution in [0.3, 0.4) is 0 Å². The molecule has 0 fully saturated rings. The molecule has 0 aliphatic heterocycles. The van der Waals surface area contributed by atoms with Gasteiger partial charge in [-0.3, -0.25) is 0 Å². The lowest BCUT2D eigenvalue weighted by molar-refractivity contribution is 1.09. The Morgan fingerprint density at radius 3 is 3.40 bits per heavy atom. The molecule has 10 heavy (non-hydrogen) atoms. The molecule has 2 rings (SSSR count). The van der Waals surface area contributed by atoms with E-state index in [2.05, 4.69) is 20.5 Å². The van der Waals surface area contributed by atoms with Crippen LogP contribution in [0.5, 0.6) is 0 Å². The van der Waals surface area contributed by atoms with Crippen molar-refractivity contribution in [3.63, 3.8) is 0 Å². The van der Waals surface area contributed by atoms with Gasteiger partial charge in [-0.2, -0.15) is 0 Å². The molecule has 49 valence electrons. The lowest BCUT2D eigenvalue weighted by Gasteiger charge is -1.87. The number of thiazole rings is 1. The van der Waals surface area contributed by atoms with Gasteiger partial charge in [-0.1, -0.05) is 11.3 Å². The largest absolute Gasteiger partial charge is 0.239 e. The van der Waals surface area contributed by atoms with Crippen molar-refractivity contribution in [1.82, 2.24) is 15.0 Å². The third-order valence-corrected chi connectivity index (χ3v) is 1.84. The van der Waals surface area contributed by atoms with E-state index in [4.69, 9.17) is 0 Å². The van der Waals surface area contributed by atoms with Gasteiger partial charge in [0.25, 0.3) is 0 Å². The number of hydrogen-bond acceptors (Lipinski definition) is 4. The summed E-state index contributed by atoms with van der Waals surface area (Å²) >= 11 is 1.41.